The van der Waals surface area contributed by atoms with E-state index in [0.29, 0.717) is 34.7 Å². The number of aromatic nitrogens is 1. The summed E-state index contributed by atoms with van der Waals surface area (Å²) in [7, 11) is -6.77. The minimum atomic E-state index is -3.45. The lowest BCUT2D eigenvalue weighted by Crippen LogP contribution is -2.42. The van der Waals surface area contributed by atoms with Gasteiger partial charge in [0.05, 0.1) is 21.4 Å². The van der Waals surface area contributed by atoms with Crippen molar-refractivity contribution in [1.29, 1.82) is 0 Å². The molecule has 0 saturated carbocycles. The molecule has 0 spiro atoms. The van der Waals surface area contributed by atoms with Crippen molar-refractivity contribution >= 4 is 52.5 Å². The molecule has 25 heavy (non-hydrogen) atoms. The minimum Gasteiger partial charge on any atom is -0.301 e. The summed E-state index contributed by atoms with van der Waals surface area (Å²) in [6.07, 6.45) is 3.30. The van der Waals surface area contributed by atoms with E-state index in [-0.39, 0.29) is 4.90 Å². The van der Waals surface area contributed by atoms with Gasteiger partial charge in [-0.2, -0.15) is 4.31 Å². The van der Waals surface area contributed by atoms with E-state index in [0.717, 1.165) is 23.8 Å². The first-order valence-electron chi connectivity index (χ1n) is 7.44. The average molecular weight is 404 g/mol. The highest BCUT2D eigenvalue weighted by Gasteiger charge is 2.36. The Balaban J connectivity index is 1.84. The number of carbonyl (C=O) groups excluding carboxylic acids is 1. The summed E-state index contributed by atoms with van der Waals surface area (Å²) >= 11 is 1.15. The van der Waals surface area contributed by atoms with Crippen molar-refractivity contribution in [3.05, 3.63) is 18.2 Å². The first kappa shape index (κ1) is 18.2. The summed E-state index contributed by atoms with van der Waals surface area (Å²) in [5.74, 6) is -0.426. The smallest absolute Gasteiger partial charge is 0.244 e. The Labute approximate surface area is 149 Å². The molecule has 8 nitrogen and oxygen atoms in total. The maximum absolute atomic E-state index is 12.4. The Morgan fingerprint density at radius 3 is 2.64 bits per heavy atom. The average Bonchev–Trinajstić information content (AvgIpc) is 3.11. The first-order valence-corrected chi connectivity index (χ1v) is 12.0. The second-order valence-corrected chi connectivity index (χ2v) is 10.9. The monoisotopic (exact) mass is 403 g/mol. The van der Waals surface area contributed by atoms with Gasteiger partial charge in [-0.1, -0.05) is 11.3 Å². The Bertz CT molecular complexity index is 1040. The largest absolute Gasteiger partial charge is 0.301 e. The Morgan fingerprint density at radius 1 is 1.28 bits per heavy atom. The van der Waals surface area contributed by atoms with Gasteiger partial charge >= 0.3 is 0 Å². The van der Waals surface area contributed by atoms with E-state index in [1.807, 2.05) is 0 Å². The minimum absolute atomic E-state index is 0.181. The van der Waals surface area contributed by atoms with Gasteiger partial charge in [-0.3, -0.25) is 4.79 Å². The third-order valence-corrected chi connectivity index (χ3v) is 7.28. The van der Waals surface area contributed by atoms with E-state index in [4.69, 9.17) is 0 Å². The van der Waals surface area contributed by atoms with Gasteiger partial charge in [-0.25, -0.2) is 21.8 Å². The number of sulfone groups is 1. The summed E-state index contributed by atoms with van der Waals surface area (Å²) in [5.41, 5.74) is 0.569. The van der Waals surface area contributed by atoms with Gasteiger partial charge in [0, 0.05) is 12.8 Å². The van der Waals surface area contributed by atoms with E-state index < -0.39 is 31.8 Å². The Morgan fingerprint density at radius 2 is 2.00 bits per heavy atom. The van der Waals surface area contributed by atoms with Crippen LogP contribution in [0.3, 0.4) is 0 Å². The number of hydrogen-bond donors (Lipinski definition) is 1. The standard InChI is InChI=1S/C14H17N3O5S3/c1-24(19,20)9-5-6-10-12(8-9)23-14(15-10)16-13(18)11-4-3-7-17(11)25(2,21)22/h5-6,8,11H,3-4,7H2,1-2H3,(H,15,16,18). The predicted molar refractivity (Wildman–Crippen MR) is 95.9 cm³/mol. The molecule has 1 N–H and O–H groups in total. The van der Waals surface area contributed by atoms with E-state index >= 15 is 0 Å². The zero-order chi connectivity index (χ0) is 18.4. The van der Waals surface area contributed by atoms with Gasteiger partial charge in [-0.05, 0) is 31.0 Å². The summed E-state index contributed by atoms with van der Waals surface area (Å²) < 4.78 is 48.6. The third-order valence-electron chi connectivity index (χ3n) is 3.95. The maximum atomic E-state index is 12.4. The van der Waals surface area contributed by atoms with Crippen LogP contribution in [0.1, 0.15) is 12.8 Å². The topological polar surface area (TPSA) is 114 Å². The molecule has 0 radical (unpaired) electrons. The van der Waals surface area contributed by atoms with Crippen LogP contribution in [0.5, 0.6) is 0 Å². The van der Waals surface area contributed by atoms with Crippen LogP contribution in [0.4, 0.5) is 5.13 Å². The lowest BCUT2D eigenvalue weighted by molar-refractivity contribution is -0.119. The van der Waals surface area contributed by atoms with Crippen molar-refractivity contribution in [3.8, 4) is 0 Å². The quantitative estimate of drug-likeness (QED) is 0.817. The van der Waals surface area contributed by atoms with Gasteiger partial charge < -0.3 is 5.32 Å². The number of amides is 1. The van der Waals surface area contributed by atoms with Gasteiger partial charge in [0.1, 0.15) is 6.04 Å². The molecule has 2 aromatic rings. The number of anilines is 1. The van der Waals surface area contributed by atoms with Crippen molar-refractivity contribution < 1.29 is 21.6 Å². The number of nitrogens with one attached hydrogen (secondary N) is 1. The molecule has 1 aromatic carbocycles. The summed E-state index contributed by atoms with van der Waals surface area (Å²) in [6.45, 7) is 0.328. The van der Waals surface area contributed by atoms with Gasteiger partial charge in [0.15, 0.2) is 15.0 Å². The third kappa shape index (κ3) is 3.84. The zero-order valence-electron chi connectivity index (χ0n) is 13.6. The summed E-state index contributed by atoms with van der Waals surface area (Å²) in [4.78, 5) is 16.9. The molecule has 1 saturated heterocycles. The molecule has 0 aliphatic carbocycles. The molecular formula is C14H17N3O5S3. The van der Waals surface area contributed by atoms with Crippen LogP contribution in [0.15, 0.2) is 23.1 Å². The number of carbonyl (C=O) groups is 1. The van der Waals surface area contributed by atoms with E-state index in [9.17, 15) is 21.6 Å². The second kappa shape index (κ2) is 6.31. The molecule has 1 fully saturated rings. The van der Waals surface area contributed by atoms with Crippen molar-refractivity contribution in [3.63, 3.8) is 0 Å². The highest BCUT2D eigenvalue weighted by atomic mass is 32.2. The zero-order valence-corrected chi connectivity index (χ0v) is 16.0. The van der Waals surface area contributed by atoms with Crippen molar-refractivity contribution in [1.82, 2.24) is 9.29 Å². The molecule has 1 aromatic heterocycles. The van der Waals surface area contributed by atoms with E-state index in [1.165, 1.54) is 16.4 Å². The highest BCUT2D eigenvalue weighted by molar-refractivity contribution is 7.90. The number of sulfonamides is 1. The number of nitrogens with zero attached hydrogens (tertiary/aromatic N) is 2. The fraction of sp³-hybridized carbons (Fsp3) is 0.429. The van der Waals surface area contributed by atoms with E-state index in [2.05, 4.69) is 10.3 Å². The van der Waals surface area contributed by atoms with Crippen LogP contribution in [0.2, 0.25) is 0 Å². The van der Waals surface area contributed by atoms with Crippen LogP contribution < -0.4 is 5.32 Å². The fourth-order valence-corrected chi connectivity index (χ4v) is 5.53. The van der Waals surface area contributed by atoms with E-state index in [1.54, 1.807) is 6.07 Å². The molecule has 1 unspecified atom stereocenters. The molecule has 136 valence electrons. The van der Waals surface area contributed by atoms with Crippen molar-refractivity contribution in [2.45, 2.75) is 23.8 Å². The summed E-state index contributed by atoms with van der Waals surface area (Å²) in [6, 6.07) is 3.81. The molecule has 1 aliphatic rings. The van der Waals surface area contributed by atoms with Crippen LogP contribution in [0.25, 0.3) is 10.2 Å². The number of rotatable bonds is 4. The molecule has 2 heterocycles. The number of thiazole rings is 1. The molecule has 3 rings (SSSR count). The molecular weight excluding hydrogens is 386 g/mol. The molecule has 1 aliphatic heterocycles. The van der Waals surface area contributed by atoms with Crippen molar-refractivity contribution in [2.24, 2.45) is 0 Å². The number of hydrogen-bond acceptors (Lipinski definition) is 7. The van der Waals surface area contributed by atoms with Gasteiger partial charge in [0.2, 0.25) is 15.9 Å². The predicted octanol–water partition coefficient (Wildman–Crippen LogP) is 1.06. The lowest BCUT2D eigenvalue weighted by Gasteiger charge is -2.20. The normalized spacial score (nSPS) is 19.4. The number of benzene rings is 1. The van der Waals surface area contributed by atoms with Crippen LogP contribution in [-0.2, 0) is 24.7 Å². The van der Waals surface area contributed by atoms with Crippen molar-refractivity contribution in [2.75, 3.05) is 24.4 Å². The SMILES string of the molecule is CS(=O)(=O)c1ccc2nc(NC(=O)C3CCCN3S(C)(=O)=O)sc2c1. The Hall–Kier alpha value is -1.56. The van der Waals surface area contributed by atoms with Crippen LogP contribution >= 0.6 is 11.3 Å². The molecule has 11 heteroatoms. The Kier molecular flexibility index (Phi) is 4.60. The van der Waals surface area contributed by atoms with Crippen LogP contribution in [-0.4, -0.2) is 57.1 Å². The summed E-state index contributed by atoms with van der Waals surface area (Å²) in [5, 5.41) is 2.96. The van der Waals surface area contributed by atoms with Gasteiger partial charge in [-0.15, -0.1) is 0 Å². The van der Waals surface area contributed by atoms with Gasteiger partial charge in [0.25, 0.3) is 0 Å². The number of fused-ring (bicyclic) bond motifs is 1. The molecule has 1 amide bonds. The molecule has 1 atom stereocenters. The first-order chi connectivity index (χ1) is 11.6. The van der Waals surface area contributed by atoms with Crippen LogP contribution in [0, 0.1) is 0 Å². The fourth-order valence-electron chi connectivity index (χ4n) is 2.78. The maximum Gasteiger partial charge on any atom is 0.244 e. The molecule has 0 bridgehead atoms. The lowest BCUT2D eigenvalue weighted by atomic mass is 10.2. The second-order valence-electron chi connectivity index (χ2n) is 5.94. The highest BCUT2D eigenvalue weighted by Crippen LogP contribution is 2.29.